The average molecular weight is 512 g/mol. The van der Waals surface area contributed by atoms with Gasteiger partial charge in [0.1, 0.15) is 28.8 Å². The molecule has 0 spiro atoms. The van der Waals surface area contributed by atoms with Gasteiger partial charge in [0.05, 0.1) is 6.61 Å². The molecule has 4 aliphatic rings. The second-order valence-electron chi connectivity index (χ2n) is 8.81. The third kappa shape index (κ3) is 3.13. The number of carbonyl (C=O) groups is 1. The van der Waals surface area contributed by atoms with Crippen LogP contribution in [0.1, 0.15) is 19.3 Å². The first kappa shape index (κ1) is 22.2. The van der Waals surface area contributed by atoms with Crippen LogP contribution in [-0.2, 0) is 14.4 Å². The molecule has 2 aromatic rings. The number of nitrogens with zero attached hydrogens (tertiary/aromatic N) is 1. The van der Waals surface area contributed by atoms with E-state index in [0.29, 0.717) is 12.3 Å². The first-order valence-corrected chi connectivity index (χ1v) is 13.1. The van der Waals surface area contributed by atoms with Gasteiger partial charge in [-0.3, -0.25) is 9.63 Å². The van der Waals surface area contributed by atoms with E-state index in [-0.39, 0.29) is 34.1 Å². The van der Waals surface area contributed by atoms with Gasteiger partial charge in [0.2, 0.25) is 11.5 Å². The van der Waals surface area contributed by atoms with Gasteiger partial charge >= 0.3 is 0 Å². The Morgan fingerprint density at radius 2 is 1.66 bits per heavy atom. The number of rotatable bonds is 5. The van der Waals surface area contributed by atoms with Crippen molar-refractivity contribution in [2.75, 3.05) is 19.8 Å². The quantitative estimate of drug-likeness (QED) is 0.440. The zero-order chi connectivity index (χ0) is 20.9. The Hall–Kier alpha value is -1.62. The van der Waals surface area contributed by atoms with Crippen molar-refractivity contribution < 1.29 is 31.4 Å². The molecule has 1 aliphatic carbocycles. The van der Waals surface area contributed by atoms with Crippen molar-refractivity contribution in [3.8, 4) is 0 Å². The summed E-state index contributed by atoms with van der Waals surface area (Å²) >= 11 is 0. The fourth-order valence-corrected chi connectivity index (χ4v) is 11.5. The second kappa shape index (κ2) is 8.62. The number of benzene rings is 2. The van der Waals surface area contributed by atoms with E-state index in [0.717, 1.165) is 37.9 Å². The lowest BCUT2D eigenvalue weighted by atomic mass is 9.95. The summed E-state index contributed by atoms with van der Waals surface area (Å²) in [5.74, 6) is 0.599. The lowest BCUT2D eigenvalue weighted by Gasteiger charge is -2.37. The largest absolute Gasteiger partial charge is 1.00 e. The Labute approximate surface area is 200 Å². The predicted octanol–water partition coefficient (Wildman–Crippen LogP) is 0.824. The number of ketones is 1. The smallest absolute Gasteiger partial charge is 0.207 e. The highest BCUT2D eigenvalue weighted by Gasteiger charge is 2.78. The summed E-state index contributed by atoms with van der Waals surface area (Å²) < 4.78 is 5.81. The number of fused-ring (bicyclic) bond motifs is 1. The molecule has 166 valence electrons. The third-order valence-corrected chi connectivity index (χ3v) is 12.3. The topological polar surface area (TPSA) is 41.8 Å². The highest BCUT2D eigenvalue weighted by atomic mass is 79.9. The van der Waals surface area contributed by atoms with Crippen LogP contribution >= 0.6 is 7.26 Å². The van der Waals surface area contributed by atoms with E-state index < -0.39 is 7.26 Å². The van der Waals surface area contributed by atoms with Gasteiger partial charge in [-0.1, -0.05) is 48.6 Å². The molecule has 0 saturated carbocycles. The van der Waals surface area contributed by atoms with E-state index in [1.807, 2.05) is 6.08 Å². The fraction of sp³-hybridized carbons (Fsp3) is 0.346. The molecule has 3 fully saturated rings. The van der Waals surface area contributed by atoms with Gasteiger partial charge < -0.3 is 21.7 Å². The molecular weight excluding hydrogens is 485 g/mol. The lowest BCUT2D eigenvalue weighted by Crippen LogP contribution is -3.00. The highest BCUT2D eigenvalue weighted by molar-refractivity contribution is 7.94. The van der Waals surface area contributed by atoms with Crippen molar-refractivity contribution in [3.63, 3.8) is 0 Å². The molecule has 32 heavy (non-hydrogen) atoms. The van der Waals surface area contributed by atoms with Gasteiger partial charge in [0, 0.05) is 31.9 Å². The van der Waals surface area contributed by atoms with Crippen LogP contribution in [0.3, 0.4) is 0 Å². The van der Waals surface area contributed by atoms with Gasteiger partial charge in [0.25, 0.3) is 0 Å². The van der Waals surface area contributed by atoms with E-state index in [9.17, 15) is 4.79 Å². The Morgan fingerprint density at radius 1 is 0.969 bits per heavy atom. The maximum Gasteiger partial charge on any atom is 0.207 e. The van der Waals surface area contributed by atoms with Crippen molar-refractivity contribution in [2.24, 2.45) is 5.92 Å². The zero-order valence-corrected chi connectivity index (χ0v) is 20.4. The molecule has 2 aromatic carbocycles. The lowest BCUT2D eigenvalue weighted by molar-refractivity contribution is -0.114. The molecule has 4 unspecified atom stereocenters. The predicted molar refractivity (Wildman–Crippen MR) is 124 cm³/mol. The molecule has 4 nitrogen and oxygen atoms in total. The summed E-state index contributed by atoms with van der Waals surface area (Å²) in [5.41, 5.74) is -0.0867. The van der Waals surface area contributed by atoms with E-state index >= 15 is 0 Å². The molecule has 6 heteroatoms. The van der Waals surface area contributed by atoms with Crippen molar-refractivity contribution in [2.45, 2.75) is 30.6 Å². The number of hydrogen-bond donors (Lipinski definition) is 0. The molecule has 3 aliphatic heterocycles. The van der Waals surface area contributed by atoms with E-state index in [4.69, 9.17) is 9.57 Å². The second-order valence-corrected chi connectivity index (χ2v) is 12.4. The average Bonchev–Trinajstić information content (AvgIpc) is 3.15. The summed E-state index contributed by atoms with van der Waals surface area (Å²) in [6.07, 6.45) is 8.67. The number of ether oxygens (including phenoxy) is 1. The minimum Gasteiger partial charge on any atom is -1.00 e. The summed E-state index contributed by atoms with van der Waals surface area (Å²) in [7, 11) is -2.27. The van der Waals surface area contributed by atoms with E-state index in [2.05, 4.69) is 77.9 Å². The molecule has 0 aromatic heterocycles. The Bertz CT molecular complexity index is 1010. The van der Waals surface area contributed by atoms with Gasteiger partial charge in [-0.05, 0) is 36.8 Å². The van der Waals surface area contributed by atoms with Crippen LogP contribution in [0.15, 0.2) is 84.2 Å². The maximum atomic E-state index is 13.5. The first-order valence-electron chi connectivity index (χ1n) is 11.2. The number of halogens is 1. The molecule has 6 rings (SSSR count). The van der Waals surface area contributed by atoms with Crippen LogP contribution in [0.2, 0.25) is 0 Å². The first-order chi connectivity index (χ1) is 15.3. The number of hydroxylamine groups is 2. The summed E-state index contributed by atoms with van der Waals surface area (Å²) in [6.45, 7) is 2.45. The van der Waals surface area contributed by atoms with Gasteiger partial charge in [-0.15, -0.1) is 5.06 Å². The zero-order valence-electron chi connectivity index (χ0n) is 17.9. The Morgan fingerprint density at radius 3 is 2.22 bits per heavy atom. The van der Waals surface area contributed by atoms with Crippen LogP contribution in [0.5, 0.6) is 0 Å². The molecule has 0 radical (unpaired) electrons. The number of hydrogen-bond acceptors (Lipinski definition) is 4. The maximum absolute atomic E-state index is 13.5. The molecule has 0 N–H and O–H groups in total. The molecular formula is C26H27BrNO3P. The van der Waals surface area contributed by atoms with E-state index in [1.54, 1.807) is 0 Å². The van der Waals surface area contributed by atoms with Crippen LogP contribution in [-0.4, -0.2) is 42.0 Å². The highest BCUT2D eigenvalue weighted by Crippen LogP contribution is 2.76. The minimum absolute atomic E-state index is 0. The van der Waals surface area contributed by atoms with Gasteiger partial charge in [0.15, 0.2) is 0 Å². The molecule has 4 atom stereocenters. The summed E-state index contributed by atoms with van der Waals surface area (Å²) in [6, 6.07) is 21.5. The fourth-order valence-electron chi connectivity index (χ4n) is 6.06. The number of allylic oxidation sites excluding steroid dienone is 4. The minimum atomic E-state index is -2.27. The molecule has 0 amide bonds. The molecule has 0 bridgehead atoms. The third-order valence-electron chi connectivity index (χ3n) is 7.37. The standard InChI is InChI=1S/C26H27NO3P.BrH/c28-23-13-7-8-14-24(23)31(21-9-3-1-4-10-21,22-11-5-2-6-12-22)25-15-17-27-26(25,30-27)20-16-18-29-19-20;/h1-12,14,20,25H,13,15-19H2;1H/q+1;/p-1. The Balaban J connectivity index is 0.00000216. The monoisotopic (exact) mass is 511 g/mol. The SMILES string of the molecule is O=C1CC=CC=C1[P+](c1ccccc1)(c1ccccc1)C1CCN2OC12C1CCOC1.[Br-]. The Kier molecular flexibility index (Phi) is 5.98. The number of carbonyl (C=O) groups excluding carboxylic acids is 1. The summed E-state index contributed by atoms with van der Waals surface area (Å²) in [5, 5.41) is 5.74. The van der Waals surface area contributed by atoms with Crippen molar-refractivity contribution in [1.82, 2.24) is 5.06 Å². The van der Waals surface area contributed by atoms with E-state index in [1.165, 1.54) is 10.6 Å². The van der Waals surface area contributed by atoms with Crippen LogP contribution in [0.4, 0.5) is 0 Å². The van der Waals surface area contributed by atoms with Crippen molar-refractivity contribution in [1.29, 1.82) is 0 Å². The molecule has 3 saturated heterocycles. The van der Waals surface area contributed by atoms with Gasteiger partial charge in [-0.25, -0.2) is 0 Å². The van der Waals surface area contributed by atoms with Gasteiger partial charge in [-0.2, -0.15) is 0 Å². The van der Waals surface area contributed by atoms with Crippen LogP contribution in [0, 0.1) is 5.92 Å². The summed E-state index contributed by atoms with van der Waals surface area (Å²) in [4.78, 5) is 20.0. The number of Topliss-reactive ketones (excluding diaryl/α,β-unsaturated/α-hetero) is 1. The van der Waals surface area contributed by atoms with Crippen LogP contribution in [0.25, 0.3) is 0 Å². The normalized spacial score (nSPS) is 31.1. The van der Waals surface area contributed by atoms with Crippen LogP contribution < -0.4 is 27.6 Å². The van der Waals surface area contributed by atoms with Crippen molar-refractivity contribution in [3.05, 3.63) is 84.2 Å². The van der Waals surface area contributed by atoms with Crippen molar-refractivity contribution >= 4 is 23.7 Å². The molecule has 3 heterocycles.